The van der Waals surface area contributed by atoms with Crippen molar-refractivity contribution in [2.75, 3.05) is 7.11 Å². The number of aromatic nitrogens is 2. The van der Waals surface area contributed by atoms with Crippen molar-refractivity contribution in [1.82, 2.24) is 9.78 Å². The van der Waals surface area contributed by atoms with Crippen LogP contribution < -0.4 is 9.47 Å². The molecule has 0 amide bonds. The van der Waals surface area contributed by atoms with Gasteiger partial charge in [-0.2, -0.15) is 13.2 Å². The van der Waals surface area contributed by atoms with Gasteiger partial charge in [0, 0.05) is 0 Å². The quantitative estimate of drug-likeness (QED) is 0.593. The minimum Gasteiger partial charge on any atom is -0.497 e. The van der Waals surface area contributed by atoms with Crippen molar-refractivity contribution in [3.8, 4) is 11.6 Å². The topological polar surface area (TPSA) is 79.4 Å². The molecule has 0 spiro atoms. The minimum absolute atomic E-state index is 0.134. The van der Waals surface area contributed by atoms with Gasteiger partial charge in [0.05, 0.1) is 18.6 Å². The van der Waals surface area contributed by atoms with Crippen molar-refractivity contribution < 1.29 is 27.6 Å². The molecular weight excluding hydrogens is 331 g/mol. The summed E-state index contributed by atoms with van der Waals surface area (Å²) < 4.78 is 48.4. The third kappa shape index (κ3) is 4.15. The first-order chi connectivity index (χ1) is 11.2. The van der Waals surface area contributed by atoms with Gasteiger partial charge in [0.25, 0.3) is 0 Å². The zero-order valence-corrected chi connectivity index (χ0v) is 12.8. The summed E-state index contributed by atoms with van der Waals surface area (Å²) in [5.41, 5.74) is 0.114. The average molecular weight is 345 g/mol. The molecule has 0 aliphatic heterocycles. The van der Waals surface area contributed by atoms with E-state index in [0.717, 1.165) is 23.4 Å². The van der Waals surface area contributed by atoms with Gasteiger partial charge in [0.1, 0.15) is 11.9 Å². The first-order valence-electron chi connectivity index (χ1n) is 6.79. The van der Waals surface area contributed by atoms with E-state index >= 15 is 0 Å². The number of hydrogen-bond donors (Lipinski definition) is 0. The van der Waals surface area contributed by atoms with Crippen LogP contribution in [0.1, 0.15) is 12.5 Å². The third-order valence-electron chi connectivity index (χ3n) is 3.16. The van der Waals surface area contributed by atoms with Crippen LogP contribution in [0, 0.1) is 10.1 Å². The summed E-state index contributed by atoms with van der Waals surface area (Å²) in [5.74, 6) is -0.0356. The molecule has 1 aromatic carbocycles. The number of ether oxygens (including phenoxy) is 2. The highest BCUT2D eigenvalue weighted by Crippen LogP contribution is 2.30. The first kappa shape index (κ1) is 17.6. The SMILES string of the molecule is COc1ccc(Cn2cc([N+](=O)[O-])c(OC(C)C(F)(F)F)n2)cc1. The molecule has 0 N–H and O–H groups in total. The summed E-state index contributed by atoms with van der Waals surface area (Å²) >= 11 is 0. The summed E-state index contributed by atoms with van der Waals surface area (Å²) in [6.07, 6.45) is -5.82. The van der Waals surface area contributed by atoms with E-state index in [1.165, 1.54) is 7.11 Å². The minimum atomic E-state index is -4.65. The van der Waals surface area contributed by atoms with Gasteiger partial charge in [0.15, 0.2) is 6.10 Å². The lowest BCUT2D eigenvalue weighted by Crippen LogP contribution is -2.31. The van der Waals surface area contributed by atoms with Crippen molar-refractivity contribution in [3.63, 3.8) is 0 Å². The van der Waals surface area contributed by atoms with Gasteiger partial charge in [0.2, 0.25) is 0 Å². The van der Waals surface area contributed by atoms with Crippen LogP contribution in [-0.2, 0) is 6.54 Å². The number of methoxy groups -OCH3 is 1. The Balaban J connectivity index is 2.22. The Morgan fingerprint density at radius 1 is 1.33 bits per heavy atom. The second kappa shape index (κ2) is 6.77. The van der Waals surface area contributed by atoms with E-state index in [0.29, 0.717) is 5.75 Å². The fourth-order valence-electron chi connectivity index (χ4n) is 1.84. The largest absolute Gasteiger partial charge is 0.497 e. The molecule has 2 rings (SSSR count). The monoisotopic (exact) mass is 345 g/mol. The zero-order valence-electron chi connectivity index (χ0n) is 12.8. The highest BCUT2D eigenvalue weighted by atomic mass is 19.4. The predicted molar refractivity (Wildman–Crippen MR) is 77.1 cm³/mol. The second-order valence-corrected chi connectivity index (χ2v) is 4.92. The van der Waals surface area contributed by atoms with Gasteiger partial charge in [-0.3, -0.25) is 14.8 Å². The molecule has 1 atom stereocenters. The average Bonchev–Trinajstić information content (AvgIpc) is 2.90. The molecule has 1 heterocycles. The highest BCUT2D eigenvalue weighted by Gasteiger charge is 2.40. The number of halogens is 3. The normalized spacial score (nSPS) is 12.7. The van der Waals surface area contributed by atoms with Gasteiger partial charge in [-0.05, 0) is 24.6 Å². The van der Waals surface area contributed by atoms with E-state index < -0.39 is 28.8 Å². The molecule has 2 aromatic rings. The lowest BCUT2D eigenvalue weighted by molar-refractivity contribution is -0.386. The number of rotatable bonds is 6. The van der Waals surface area contributed by atoms with Crippen LogP contribution in [0.2, 0.25) is 0 Å². The van der Waals surface area contributed by atoms with E-state index in [1.807, 2.05) is 0 Å². The van der Waals surface area contributed by atoms with Gasteiger partial charge in [-0.15, -0.1) is 5.10 Å². The fraction of sp³-hybridized carbons (Fsp3) is 0.357. The highest BCUT2D eigenvalue weighted by molar-refractivity contribution is 5.39. The number of hydrogen-bond acceptors (Lipinski definition) is 5. The fourth-order valence-corrected chi connectivity index (χ4v) is 1.84. The zero-order chi connectivity index (χ0) is 17.9. The molecule has 0 aliphatic carbocycles. The van der Waals surface area contributed by atoms with E-state index in [-0.39, 0.29) is 6.54 Å². The summed E-state index contributed by atoms with van der Waals surface area (Å²) in [6, 6.07) is 6.81. The number of nitrogens with zero attached hydrogens (tertiary/aromatic N) is 3. The van der Waals surface area contributed by atoms with Crippen LogP contribution in [0.5, 0.6) is 11.6 Å². The third-order valence-corrected chi connectivity index (χ3v) is 3.16. The van der Waals surface area contributed by atoms with E-state index in [1.54, 1.807) is 24.3 Å². The Morgan fingerprint density at radius 2 is 1.96 bits per heavy atom. The molecule has 0 fully saturated rings. The summed E-state index contributed by atoms with van der Waals surface area (Å²) in [7, 11) is 1.51. The van der Waals surface area contributed by atoms with Crippen LogP contribution in [0.25, 0.3) is 0 Å². The lowest BCUT2D eigenvalue weighted by Gasteiger charge is -2.15. The molecule has 130 valence electrons. The van der Waals surface area contributed by atoms with Crippen molar-refractivity contribution in [1.29, 1.82) is 0 Å². The molecule has 0 saturated heterocycles. The van der Waals surface area contributed by atoms with Crippen LogP contribution >= 0.6 is 0 Å². The maximum absolute atomic E-state index is 12.6. The predicted octanol–water partition coefficient (Wildman–Crippen LogP) is 3.18. The summed E-state index contributed by atoms with van der Waals surface area (Å²) in [6.45, 7) is 0.890. The van der Waals surface area contributed by atoms with Crippen LogP contribution in [-0.4, -0.2) is 34.1 Å². The second-order valence-electron chi connectivity index (χ2n) is 4.92. The van der Waals surface area contributed by atoms with E-state index in [4.69, 9.17) is 4.74 Å². The summed E-state index contributed by atoms with van der Waals surface area (Å²) in [4.78, 5) is 10.1. The Hall–Kier alpha value is -2.78. The molecule has 10 heteroatoms. The van der Waals surface area contributed by atoms with Crippen molar-refractivity contribution in [2.24, 2.45) is 0 Å². The smallest absolute Gasteiger partial charge is 0.425 e. The Morgan fingerprint density at radius 3 is 2.46 bits per heavy atom. The van der Waals surface area contributed by atoms with Gasteiger partial charge < -0.3 is 9.47 Å². The molecule has 24 heavy (non-hydrogen) atoms. The first-order valence-corrected chi connectivity index (χ1v) is 6.79. The molecular formula is C14H14F3N3O4. The Bertz CT molecular complexity index is 713. The van der Waals surface area contributed by atoms with Gasteiger partial charge in [-0.25, -0.2) is 0 Å². The number of benzene rings is 1. The number of alkyl halides is 3. The maximum Gasteiger partial charge on any atom is 0.425 e. The molecule has 7 nitrogen and oxygen atoms in total. The van der Waals surface area contributed by atoms with Crippen LogP contribution in [0.4, 0.5) is 18.9 Å². The van der Waals surface area contributed by atoms with Crippen molar-refractivity contribution in [2.45, 2.75) is 25.7 Å². The summed E-state index contributed by atoms with van der Waals surface area (Å²) in [5, 5.41) is 14.7. The number of nitro groups is 1. The molecule has 1 aromatic heterocycles. The Kier molecular flexibility index (Phi) is 4.96. The Labute approximate surface area is 134 Å². The molecule has 0 bridgehead atoms. The van der Waals surface area contributed by atoms with Gasteiger partial charge >= 0.3 is 17.7 Å². The molecule has 0 radical (unpaired) electrons. The van der Waals surface area contributed by atoms with E-state index in [2.05, 4.69) is 9.84 Å². The van der Waals surface area contributed by atoms with E-state index in [9.17, 15) is 23.3 Å². The molecule has 1 unspecified atom stereocenters. The van der Waals surface area contributed by atoms with Crippen molar-refractivity contribution >= 4 is 5.69 Å². The molecule has 0 saturated carbocycles. The molecule has 0 aliphatic rings. The van der Waals surface area contributed by atoms with Crippen molar-refractivity contribution in [3.05, 3.63) is 46.1 Å². The lowest BCUT2D eigenvalue weighted by atomic mass is 10.2. The van der Waals surface area contributed by atoms with Crippen LogP contribution in [0.15, 0.2) is 30.5 Å². The maximum atomic E-state index is 12.6. The van der Waals surface area contributed by atoms with Gasteiger partial charge in [-0.1, -0.05) is 12.1 Å². The van der Waals surface area contributed by atoms with Crippen LogP contribution in [0.3, 0.4) is 0 Å². The standard InChI is InChI=1S/C14H14F3N3O4/c1-9(14(15,16)17)24-13-12(20(21)22)8-19(18-13)7-10-3-5-11(23-2)6-4-10/h3-6,8-9H,7H2,1-2H3.